The molecule has 0 saturated carbocycles. The maximum atomic E-state index is 4.41. The molecule has 0 bridgehead atoms. The molecule has 1 rings (SSSR count). The molecule has 0 aliphatic rings. The van der Waals surface area contributed by atoms with Crippen LogP contribution in [0, 0.1) is 0 Å². The van der Waals surface area contributed by atoms with E-state index in [1.54, 1.807) is 0 Å². The number of allylic oxidation sites excluding steroid dienone is 1. The number of hydrogen-bond donors (Lipinski definition) is 0. The molecule has 0 aliphatic heterocycles. The van der Waals surface area contributed by atoms with Gasteiger partial charge >= 0.3 is 18.9 Å². The van der Waals surface area contributed by atoms with Crippen LogP contribution >= 0.6 is 0 Å². The summed E-state index contributed by atoms with van der Waals surface area (Å²) in [6.07, 6.45) is 2.14. The maximum Gasteiger partial charge on any atom is 1.00 e. The summed E-state index contributed by atoms with van der Waals surface area (Å²) in [6, 6.07) is 10.3. The maximum absolute atomic E-state index is 4.41. The number of nitrogens with zero attached hydrogens (tertiary/aromatic N) is 1. The first-order chi connectivity index (χ1) is 6.29. The van der Waals surface area contributed by atoms with Crippen LogP contribution in [0.4, 0.5) is 0 Å². The molecular weight excluding hydrogens is 165 g/mol. The van der Waals surface area contributed by atoms with Crippen LogP contribution in [0.3, 0.4) is 0 Å². The van der Waals surface area contributed by atoms with Crippen molar-refractivity contribution in [3.63, 3.8) is 0 Å². The van der Waals surface area contributed by atoms with Crippen LogP contribution in [0.15, 0.2) is 42.0 Å². The van der Waals surface area contributed by atoms with Gasteiger partial charge in [-0.05, 0) is 13.8 Å². The molecule has 0 radical (unpaired) electrons. The van der Waals surface area contributed by atoms with E-state index in [1.807, 2.05) is 18.2 Å². The predicted molar refractivity (Wildman–Crippen MR) is 57.8 cm³/mol. The second kappa shape index (κ2) is 7.88. The molecule has 2 heteroatoms. The van der Waals surface area contributed by atoms with Crippen molar-refractivity contribution >= 4 is 0 Å². The molecule has 70 valence electrons. The first-order valence-electron chi connectivity index (χ1n) is 4.59. The van der Waals surface area contributed by atoms with Crippen LogP contribution in [-0.4, -0.2) is 6.54 Å². The molecule has 1 aromatic rings. The van der Waals surface area contributed by atoms with Gasteiger partial charge in [-0.3, -0.25) is 0 Å². The van der Waals surface area contributed by atoms with Crippen LogP contribution < -0.4 is 18.9 Å². The van der Waals surface area contributed by atoms with Gasteiger partial charge in [0.15, 0.2) is 0 Å². The Labute approximate surface area is 98.8 Å². The summed E-state index contributed by atoms with van der Waals surface area (Å²) in [4.78, 5) is 0. The van der Waals surface area contributed by atoms with E-state index in [-0.39, 0.29) is 18.9 Å². The SMILES string of the molecule is CC(C)=CC[N-]Cc1ccccc1.[Li+]. The van der Waals surface area contributed by atoms with Gasteiger partial charge < -0.3 is 5.32 Å². The van der Waals surface area contributed by atoms with E-state index in [2.05, 4.69) is 37.4 Å². The summed E-state index contributed by atoms with van der Waals surface area (Å²) in [5, 5.41) is 4.41. The monoisotopic (exact) mass is 181 g/mol. The number of rotatable bonds is 4. The second-order valence-electron chi connectivity index (χ2n) is 3.33. The largest absolute Gasteiger partial charge is 1.00 e. The topological polar surface area (TPSA) is 14.1 Å². The van der Waals surface area contributed by atoms with E-state index < -0.39 is 0 Å². The third-order valence-electron chi connectivity index (χ3n) is 1.77. The Hall–Kier alpha value is -0.483. The first-order valence-corrected chi connectivity index (χ1v) is 4.59. The first kappa shape index (κ1) is 13.5. The molecule has 1 nitrogen and oxygen atoms in total. The molecule has 0 atom stereocenters. The van der Waals surface area contributed by atoms with Crippen molar-refractivity contribution in [2.75, 3.05) is 6.54 Å². The molecule has 0 N–H and O–H groups in total. The van der Waals surface area contributed by atoms with Gasteiger partial charge in [0, 0.05) is 0 Å². The molecule has 14 heavy (non-hydrogen) atoms. The molecule has 0 saturated heterocycles. The van der Waals surface area contributed by atoms with Gasteiger partial charge in [-0.15, -0.1) is 19.2 Å². The van der Waals surface area contributed by atoms with Crippen molar-refractivity contribution in [3.8, 4) is 0 Å². The Morgan fingerprint density at radius 2 is 1.86 bits per heavy atom. The second-order valence-corrected chi connectivity index (χ2v) is 3.33. The molecule has 1 aromatic carbocycles. The molecular formula is C12H16LiN. The molecule has 0 unspecified atom stereocenters. The summed E-state index contributed by atoms with van der Waals surface area (Å²) in [6.45, 7) is 5.85. The van der Waals surface area contributed by atoms with E-state index in [1.165, 1.54) is 11.1 Å². The van der Waals surface area contributed by atoms with Gasteiger partial charge in [0.05, 0.1) is 0 Å². The van der Waals surface area contributed by atoms with E-state index in [4.69, 9.17) is 0 Å². The van der Waals surface area contributed by atoms with E-state index >= 15 is 0 Å². The Bertz CT molecular complexity index is 263. The van der Waals surface area contributed by atoms with Gasteiger partial charge in [-0.1, -0.05) is 41.5 Å². The molecule has 0 aromatic heterocycles. The van der Waals surface area contributed by atoms with Crippen LogP contribution in [0.25, 0.3) is 5.32 Å². The van der Waals surface area contributed by atoms with Crippen LogP contribution in [0.2, 0.25) is 0 Å². The summed E-state index contributed by atoms with van der Waals surface area (Å²) in [5.41, 5.74) is 2.61. The molecule has 0 spiro atoms. The molecule has 0 fully saturated rings. The fraction of sp³-hybridized carbons (Fsp3) is 0.333. The van der Waals surface area contributed by atoms with Gasteiger partial charge in [-0.2, -0.15) is 0 Å². The zero-order valence-corrected chi connectivity index (χ0v) is 9.33. The van der Waals surface area contributed by atoms with Crippen molar-refractivity contribution < 1.29 is 18.9 Å². The van der Waals surface area contributed by atoms with E-state index in [0.29, 0.717) is 0 Å². The minimum Gasteiger partial charge on any atom is -0.655 e. The molecule has 0 amide bonds. The van der Waals surface area contributed by atoms with Crippen LogP contribution in [0.1, 0.15) is 19.4 Å². The van der Waals surface area contributed by atoms with Gasteiger partial charge in [0.25, 0.3) is 0 Å². The summed E-state index contributed by atoms with van der Waals surface area (Å²) >= 11 is 0. The van der Waals surface area contributed by atoms with Crippen molar-refractivity contribution in [3.05, 3.63) is 52.9 Å². The average molecular weight is 181 g/mol. The normalized spacial score (nSPS) is 9.00. The fourth-order valence-corrected chi connectivity index (χ4v) is 1.02. The third-order valence-corrected chi connectivity index (χ3v) is 1.77. The summed E-state index contributed by atoms with van der Waals surface area (Å²) in [5.74, 6) is 0. The number of benzene rings is 1. The minimum atomic E-state index is 0. The number of hydrogen-bond acceptors (Lipinski definition) is 0. The van der Waals surface area contributed by atoms with Gasteiger partial charge in [-0.25, -0.2) is 0 Å². The van der Waals surface area contributed by atoms with Gasteiger partial charge in [0.2, 0.25) is 0 Å². The van der Waals surface area contributed by atoms with Crippen LogP contribution in [-0.2, 0) is 6.54 Å². The van der Waals surface area contributed by atoms with Crippen molar-refractivity contribution in [2.24, 2.45) is 0 Å². The standard InChI is InChI=1S/C12H16N.Li/c1-11(2)8-9-13-10-12-6-4-3-5-7-12;/h3-8H,9-10H2,1-2H3;/q-1;+1. The molecule has 0 heterocycles. The Balaban J connectivity index is 0.00000169. The third kappa shape index (κ3) is 6.04. The zero-order chi connectivity index (χ0) is 9.52. The van der Waals surface area contributed by atoms with E-state index in [0.717, 1.165) is 13.1 Å². The average Bonchev–Trinajstić information content (AvgIpc) is 2.14. The zero-order valence-electron chi connectivity index (χ0n) is 9.33. The van der Waals surface area contributed by atoms with Crippen molar-refractivity contribution in [2.45, 2.75) is 20.4 Å². The predicted octanol–water partition coefficient (Wildman–Crippen LogP) is 0.530. The summed E-state index contributed by atoms with van der Waals surface area (Å²) < 4.78 is 0. The van der Waals surface area contributed by atoms with E-state index in [9.17, 15) is 0 Å². The quantitative estimate of drug-likeness (QED) is 0.365. The van der Waals surface area contributed by atoms with Crippen molar-refractivity contribution in [1.29, 1.82) is 0 Å². The minimum absolute atomic E-state index is 0. The van der Waals surface area contributed by atoms with Gasteiger partial charge in [0.1, 0.15) is 0 Å². The smallest absolute Gasteiger partial charge is 0.655 e. The fourth-order valence-electron chi connectivity index (χ4n) is 1.02. The Kier molecular flexibility index (Phi) is 7.61. The molecule has 0 aliphatic carbocycles. The van der Waals surface area contributed by atoms with Crippen molar-refractivity contribution in [1.82, 2.24) is 0 Å². The summed E-state index contributed by atoms with van der Waals surface area (Å²) in [7, 11) is 0. The van der Waals surface area contributed by atoms with Crippen LogP contribution in [0.5, 0.6) is 0 Å². The Morgan fingerprint density at radius 1 is 1.21 bits per heavy atom. The Morgan fingerprint density at radius 3 is 2.43 bits per heavy atom.